The molecule has 0 aliphatic carbocycles. The van der Waals surface area contributed by atoms with E-state index in [1.807, 2.05) is 0 Å². The molecule has 3 aromatic rings. The van der Waals surface area contributed by atoms with Crippen molar-refractivity contribution in [2.45, 2.75) is 62.4 Å². The number of anilines is 1. The largest absolute Gasteiger partial charge is 0.467 e. The molecule has 52 heavy (non-hydrogen) atoms. The van der Waals surface area contributed by atoms with E-state index in [4.69, 9.17) is 56.4 Å². The first-order valence-electron chi connectivity index (χ1n) is 15.6. The van der Waals surface area contributed by atoms with E-state index in [1.54, 1.807) is 51.1 Å². The van der Waals surface area contributed by atoms with Gasteiger partial charge in [0, 0.05) is 17.0 Å². The van der Waals surface area contributed by atoms with Gasteiger partial charge in [0.15, 0.2) is 0 Å². The minimum absolute atomic E-state index is 0.0178. The Morgan fingerprint density at radius 1 is 1.02 bits per heavy atom. The molecule has 2 heterocycles. The number of halogens is 2. The van der Waals surface area contributed by atoms with Crippen molar-refractivity contribution >= 4 is 62.9 Å². The van der Waals surface area contributed by atoms with Gasteiger partial charge in [-0.05, 0) is 57.2 Å². The Balaban J connectivity index is 1.21. The van der Waals surface area contributed by atoms with Gasteiger partial charge in [-0.1, -0.05) is 35.3 Å². The van der Waals surface area contributed by atoms with Crippen LogP contribution in [0.2, 0.25) is 10.0 Å². The van der Waals surface area contributed by atoms with Gasteiger partial charge in [-0.3, -0.25) is 14.5 Å². The molecule has 4 rings (SSSR count). The molecule has 282 valence electrons. The number of nitrogens with zero attached hydrogens (tertiary/aromatic N) is 1. The fourth-order valence-corrected chi connectivity index (χ4v) is 6.51. The second-order valence-electron chi connectivity index (χ2n) is 12.1. The number of esters is 3. The second kappa shape index (κ2) is 17.0. The summed E-state index contributed by atoms with van der Waals surface area (Å²) in [5.74, 6) is -4.31. The number of hydrogen-bond donors (Lipinski definition) is 3. The number of amides is 1. The lowest BCUT2D eigenvalue weighted by Gasteiger charge is -2.52. The highest BCUT2D eigenvalue weighted by Crippen LogP contribution is 2.40. The van der Waals surface area contributed by atoms with E-state index < -0.39 is 69.5 Å². The average Bonchev–Trinajstić information content (AvgIpc) is 3.58. The molecule has 16 nitrogen and oxygen atoms in total. The minimum Gasteiger partial charge on any atom is -0.467 e. The van der Waals surface area contributed by atoms with Gasteiger partial charge in [0.1, 0.15) is 17.1 Å². The molecule has 0 bridgehead atoms. The standard InChI is InChI=1S/C33H37Cl2N3O13S/c1-20-33(43,21-7-4-8-22(34)13-21)51-18-32(2,3)38(20)31(42)50-19-49-29(40)16-28(39)47-11-6-12-48-30(41)24-14-27(52(36,44)45)25(35)15-26(24)37-17-23-9-5-10-46-23/h4-5,7-10,13-15,20,37,43H,6,11-12,16-19H2,1-3H3,(H2,36,44,45)/t20-,33+/m0/s1. The number of morpholine rings is 1. The molecular formula is C33H37Cl2N3O13S. The van der Waals surface area contributed by atoms with Crippen LogP contribution in [-0.4, -0.2) is 80.6 Å². The number of rotatable bonds is 14. The first-order chi connectivity index (χ1) is 24.4. The third-order valence-corrected chi connectivity index (χ3v) is 9.40. The summed E-state index contributed by atoms with van der Waals surface area (Å²) in [6.45, 7) is 3.71. The molecule has 1 saturated heterocycles. The number of nitrogens with two attached hydrogens (primary N) is 1. The van der Waals surface area contributed by atoms with Crippen LogP contribution in [0, 0.1) is 0 Å². The van der Waals surface area contributed by atoms with Crippen LogP contribution >= 0.6 is 23.2 Å². The highest BCUT2D eigenvalue weighted by Gasteiger charge is 2.53. The van der Waals surface area contributed by atoms with Gasteiger partial charge >= 0.3 is 24.0 Å². The number of nitrogens with one attached hydrogen (secondary N) is 1. The Morgan fingerprint density at radius 3 is 2.40 bits per heavy atom. The molecule has 1 aromatic heterocycles. The van der Waals surface area contributed by atoms with Crippen molar-refractivity contribution in [3.63, 3.8) is 0 Å². The first kappa shape index (κ1) is 40.4. The summed E-state index contributed by atoms with van der Waals surface area (Å²) in [5.41, 5.74) is -0.626. The topological polar surface area (TPSA) is 223 Å². The summed E-state index contributed by atoms with van der Waals surface area (Å²) in [6, 6.07) is 11.0. The summed E-state index contributed by atoms with van der Waals surface area (Å²) >= 11 is 12.2. The lowest BCUT2D eigenvalue weighted by atomic mass is 9.90. The van der Waals surface area contributed by atoms with E-state index >= 15 is 0 Å². The highest BCUT2D eigenvalue weighted by molar-refractivity contribution is 7.89. The van der Waals surface area contributed by atoms with E-state index in [2.05, 4.69) is 5.32 Å². The minimum atomic E-state index is -4.28. The monoisotopic (exact) mass is 785 g/mol. The van der Waals surface area contributed by atoms with E-state index in [0.717, 1.165) is 6.07 Å². The van der Waals surface area contributed by atoms with E-state index in [9.17, 15) is 32.7 Å². The lowest BCUT2D eigenvalue weighted by molar-refractivity contribution is -0.295. The van der Waals surface area contributed by atoms with E-state index in [0.29, 0.717) is 16.3 Å². The third kappa shape index (κ3) is 10.1. The van der Waals surface area contributed by atoms with Crippen molar-refractivity contribution in [2.75, 3.05) is 31.9 Å². The summed E-state index contributed by atoms with van der Waals surface area (Å²) in [5, 5.41) is 19.7. The second-order valence-corrected chi connectivity index (χ2v) is 14.5. The van der Waals surface area contributed by atoms with Gasteiger partial charge in [-0.15, -0.1) is 0 Å². The van der Waals surface area contributed by atoms with Gasteiger partial charge in [-0.2, -0.15) is 0 Å². The molecule has 1 fully saturated rings. The third-order valence-electron chi connectivity index (χ3n) is 7.79. The van der Waals surface area contributed by atoms with Crippen molar-refractivity contribution in [1.29, 1.82) is 0 Å². The van der Waals surface area contributed by atoms with Gasteiger partial charge < -0.3 is 38.5 Å². The van der Waals surface area contributed by atoms with Crippen molar-refractivity contribution in [2.24, 2.45) is 5.14 Å². The summed E-state index contributed by atoms with van der Waals surface area (Å²) in [4.78, 5) is 51.1. The molecule has 1 amide bonds. The zero-order valence-corrected chi connectivity index (χ0v) is 30.6. The maximum absolute atomic E-state index is 13.1. The van der Waals surface area contributed by atoms with Crippen LogP contribution in [-0.2, 0) is 55.6 Å². The number of hydrogen-bond acceptors (Lipinski definition) is 14. The van der Waals surface area contributed by atoms with Crippen LogP contribution < -0.4 is 10.5 Å². The molecule has 0 radical (unpaired) electrons. The fourth-order valence-electron chi connectivity index (χ4n) is 5.22. The van der Waals surface area contributed by atoms with Crippen LogP contribution in [0.25, 0.3) is 0 Å². The van der Waals surface area contributed by atoms with Crippen LogP contribution in [0.15, 0.2) is 64.1 Å². The smallest absolute Gasteiger partial charge is 0.413 e. The van der Waals surface area contributed by atoms with Crippen LogP contribution in [0.4, 0.5) is 10.5 Å². The number of benzene rings is 2. The molecular weight excluding hydrogens is 749 g/mol. The highest BCUT2D eigenvalue weighted by atomic mass is 35.5. The maximum Gasteiger partial charge on any atom is 0.413 e. The Morgan fingerprint density at radius 2 is 1.73 bits per heavy atom. The number of carbonyl (C=O) groups excluding carboxylic acids is 4. The fraction of sp³-hybridized carbons (Fsp3) is 0.394. The number of carbonyl (C=O) groups is 4. The predicted octanol–water partition coefficient (Wildman–Crippen LogP) is 4.31. The summed E-state index contributed by atoms with van der Waals surface area (Å²) in [7, 11) is -4.28. The average molecular weight is 787 g/mol. The van der Waals surface area contributed by atoms with Crippen LogP contribution in [0.3, 0.4) is 0 Å². The Labute approximate surface area is 309 Å². The molecule has 0 spiro atoms. The molecule has 2 aromatic carbocycles. The number of furan rings is 1. The van der Waals surface area contributed by atoms with Crippen molar-refractivity contribution in [3.05, 3.63) is 81.7 Å². The SMILES string of the molecule is C[C@@H]1N(C(=O)OCOC(=O)CC(=O)OCCCOC(=O)c2cc(S(N)(=O)=O)c(Cl)cc2NCc2ccco2)C(C)(C)CO[C@@]1(O)c1cccc(Cl)c1. The van der Waals surface area contributed by atoms with Crippen molar-refractivity contribution in [3.8, 4) is 0 Å². The number of sulfonamides is 1. The zero-order chi connectivity index (χ0) is 38.3. The van der Waals surface area contributed by atoms with E-state index in [1.165, 1.54) is 23.3 Å². The van der Waals surface area contributed by atoms with Gasteiger partial charge in [-0.25, -0.2) is 23.1 Å². The molecule has 4 N–H and O–H groups in total. The quantitative estimate of drug-likeness (QED) is 0.0682. The van der Waals surface area contributed by atoms with Crippen molar-refractivity contribution < 1.29 is 60.8 Å². The summed E-state index contributed by atoms with van der Waals surface area (Å²) in [6.07, 6.45) is -0.247. The molecule has 0 saturated carbocycles. The summed E-state index contributed by atoms with van der Waals surface area (Å²) < 4.78 is 55.2. The van der Waals surface area contributed by atoms with Gasteiger partial charge in [0.05, 0.1) is 60.5 Å². The molecule has 19 heteroatoms. The first-order valence-corrected chi connectivity index (χ1v) is 17.9. The van der Waals surface area contributed by atoms with Gasteiger partial charge in [0.25, 0.3) is 0 Å². The predicted molar refractivity (Wildman–Crippen MR) is 183 cm³/mol. The van der Waals surface area contributed by atoms with Crippen LogP contribution in [0.5, 0.6) is 0 Å². The molecule has 1 aliphatic rings. The molecule has 2 atom stereocenters. The Kier molecular flexibility index (Phi) is 13.2. The maximum atomic E-state index is 13.1. The molecule has 1 aliphatic heterocycles. The Hall–Kier alpha value is -4.39. The number of primary sulfonamides is 1. The Bertz CT molecular complexity index is 1890. The number of aliphatic hydroxyl groups is 1. The van der Waals surface area contributed by atoms with Crippen molar-refractivity contribution in [1.82, 2.24) is 4.90 Å². The zero-order valence-electron chi connectivity index (χ0n) is 28.3. The molecule has 0 unspecified atom stereocenters. The normalized spacial score (nSPS) is 18.3. The number of ether oxygens (including phenoxy) is 5. The van der Waals surface area contributed by atoms with Gasteiger partial charge in [0.2, 0.25) is 22.6 Å². The van der Waals surface area contributed by atoms with Crippen LogP contribution in [0.1, 0.15) is 55.3 Å². The lowest BCUT2D eigenvalue weighted by Crippen LogP contribution is -2.66. The van der Waals surface area contributed by atoms with E-state index in [-0.39, 0.29) is 49.1 Å².